The number of hydrogen-bond donors (Lipinski definition) is 0. The molecular formula is C27H20N4OS2. The maximum atomic E-state index is 13.7. The molecule has 7 heteroatoms. The number of para-hydroxylation sites is 1. The number of aliphatic imine (C=N–C) groups is 1. The average molecular weight is 481 g/mol. The number of amidine groups is 1. The first-order chi connectivity index (χ1) is 16.7. The second-order valence-corrected chi connectivity index (χ2v) is 10.0. The molecule has 4 aromatic rings. The number of pyridine rings is 1. The topological polar surface area (TPSA) is 48.8 Å². The Morgan fingerprint density at radius 1 is 0.912 bits per heavy atom. The van der Waals surface area contributed by atoms with Crippen molar-refractivity contribution in [2.75, 3.05) is 11.9 Å². The third-order valence-electron chi connectivity index (χ3n) is 5.79. The van der Waals surface area contributed by atoms with Crippen LogP contribution in [0, 0.1) is 0 Å². The van der Waals surface area contributed by atoms with E-state index in [0.717, 1.165) is 37.8 Å². The highest BCUT2D eigenvalue weighted by Crippen LogP contribution is 2.50. The summed E-state index contributed by atoms with van der Waals surface area (Å²) in [6.45, 7) is 0.471. The van der Waals surface area contributed by atoms with Crippen LogP contribution in [-0.4, -0.2) is 28.0 Å². The fraction of sp³-hybridized carbons (Fsp3) is 0.0741. The number of fused-ring (bicyclic) bond motifs is 2. The number of carbonyl (C=O) groups excluding carboxylic acids is 1. The van der Waals surface area contributed by atoms with Crippen LogP contribution < -0.4 is 4.90 Å². The predicted octanol–water partition coefficient (Wildman–Crippen LogP) is 6.41. The Morgan fingerprint density at radius 2 is 1.74 bits per heavy atom. The second-order valence-electron chi connectivity index (χ2n) is 8.02. The van der Waals surface area contributed by atoms with E-state index in [4.69, 9.17) is 4.99 Å². The van der Waals surface area contributed by atoms with E-state index in [1.807, 2.05) is 79.8 Å². The normalized spacial score (nSPS) is 18.9. The van der Waals surface area contributed by atoms with E-state index in [0.29, 0.717) is 16.6 Å². The SMILES string of the molecule is CN1/C(=C2/S/C(=N/c3ccc4ncccc4c3)N(Cc3ccccc3)C2=O)Sc2ccccc21. The predicted molar refractivity (Wildman–Crippen MR) is 141 cm³/mol. The van der Waals surface area contributed by atoms with Gasteiger partial charge in [-0.25, -0.2) is 4.99 Å². The second kappa shape index (κ2) is 8.66. The minimum absolute atomic E-state index is 0.0165. The highest BCUT2D eigenvalue weighted by atomic mass is 32.2. The molecule has 0 unspecified atom stereocenters. The first-order valence-corrected chi connectivity index (χ1v) is 12.5. The largest absolute Gasteiger partial charge is 0.337 e. The summed E-state index contributed by atoms with van der Waals surface area (Å²) in [7, 11) is 2.02. The van der Waals surface area contributed by atoms with Crippen LogP contribution in [0.15, 0.2) is 111 Å². The average Bonchev–Trinajstić information content (AvgIpc) is 3.36. The molecular weight excluding hydrogens is 460 g/mol. The van der Waals surface area contributed by atoms with Crippen molar-refractivity contribution in [3.63, 3.8) is 0 Å². The fourth-order valence-electron chi connectivity index (χ4n) is 4.07. The van der Waals surface area contributed by atoms with Crippen molar-refractivity contribution in [1.29, 1.82) is 0 Å². The van der Waals surface area contributed by atoms with E-state index >= 15 is 0 Å². The van der Waals surface area contributed by atoms with Crippen molar-refractivity contribution in [1.82, 2.24) is 9.88 Å². The zero-order valence-corrected chi connectivity index (χ0v) is 20.0. The molecule has 0 bridgehead atoms. The fourth-order valence-corrected chi connectivity index (χ4v) is 6.41. The number of rotatable bonds is 3. The molecule has 0 spiro atoms. The molecule has 1 saturated heterocycles. The van der Waals surface area contributed by atoms with Crippen molar-refractivity contribution < 1.29 is 4.79 Å². The van der Waals surface area contributed by atoms with Gasteiger partial charge in [-0.15, -0.1) is 0 Å². The van der Waals surface area contributed by atoms with Crippen LogP contribution in [0.25, 0.3) is 10.9 Å². The van der Waals surface area contributed by atoms with Gasteiger partial charge in [0, 0.05) is 23.5 Å². The number of thioether (sulfide) groups is 2. The summed E-state index contributed by atoms with van der Waals surface area (Å²) >= 11 is 3.08. The third kappa shape index (κ3) is 3.77. The zero-order valence-electron chi connectivity index (χ0n) is 18.4. The Morgan fingerprint density at radius 3 is 2.59 bits per heavy atom. The van der Waals surface area contributed by atoms with Gasteiger partial charge in [-0.05, 0) is 53.7 Å². The first kappa shape index (κ1) is 21.0. The van der Waals surface area contributed by atoms with Crippen LogP contribution in [-0.2, 0) is 11.3 Å². The summed E-state index contributed by atoms with van der Waals surface area (Å²) in [5, 5.41) is 2.65. The molecule has 34 heavy (non-hydrogen) atoms. The standard InChI is InChI=1S/C27H20N4OS2/c1-30-22-11-5-6-12-23(22)33-26(30)24-25(32)31(17-18-8-3-2-4-9-18)27(34-24)29-20-13-14-21-19(16-20)10-7-15-28-21/h2-16H,17H2,1H3/b26-24-,29-27+. The Kier molecular flexibility index (Phi) is 5.36. The third-order valence-corrected chi connectivity index (χ3v) is 8.22. The van der Waals surface area contributed by atoms with Crippen molar-refractivity contribution in [3.05, 3.63) is 107 Å². The maximum absolute atomic E-state index is 13.7. The molecule has 3 heterocycles. The monoisotopic (exact) mass is 480 g/mol. The van der Waals surface area contributed by atoms with Crippen LogP contribution in [0.1, 0.15) is 5.56 Å². The Labute approximate surface area is 206 Å². The summed E-state index contributed by atoms with van der Waals surface area (Å²) in [5.41, 5.74) is 3.90. The van der Waals surface area contributed by atoms with Gasteiger partial charge in [0.25, 0.3) is 5.91 Å². The van der Waals surface area contributed by atoms with Crippen LogP contribution in [0.3, 0.4) is 0 Å². The summed E-state index contributed by atoms with van der Waals surface area (Å²) in [5.74, 6) is -0.0165. The molecule has 0 aliphatic carbocycles. The molecule has 1 fully saturated rings. The number of amides is 1. The molecule has 1 aromatic heterocycles. The van der Waals surface area contributed by atoms with Gasteiger partial charge in [-0.3, -0.25) is 14.7 Å². The lowest BCUT2D eigenvalue weighted by molar-refractivity contribution is -0.122. The summed E-state index contributed by atoms with van der Waals surface area (Å²) < 4.78 is 0. The summed E-state index contributed by atoms with van der Waals surface area (Å²) in [6, 6.07) is 28.1. The number of anilines is 1. The molecule has 6 rings (SSSR count). The van der Waals surface area contributed by atoms with E-state index in [1.54, 1.807) is 22.9 Å². The van der Waals surface area contributed by atoms with Gasteiger partial charge in [-0.1, -0.05) is 60.3 Å². The first-order valence-electron chi connectivity index (χ1n) is 10.9. The molecule has 2 aliphatic heterocycles. The molecule has 0 N–H and O–H groups in total. The Bertz CT molecular complexity index is 1480. The van der Waals surface area contributed by atoms with Crippen molar-refractivity contribution >= 4 is 56.9 Å². The molecule has 0 atom stereocenters. The summed E-state index contributed by atoms with van der Waals surface area (Å²) in [4.78, 5) is 28.8. The van der Waals surface area contributed by atoms with Gasteiger partial charge in [0.15, 0.2) is 5.17 Å². The van der Waals surface area contributed by atoms with Crippen LogP contribution >= 0.6 is 23.5 Å². The summed E-state index contributed by atoms with van der Waals surface area (Å²) in [6.07, 6.45) is 1.78. The van der Waals surface area contributed by atoms with Gasteiger partial charge < -0.3 is 4.90 Å². The van der Waals surface area contributed by atoms with Gasteiger partial charge in [0.1, 0.15) is 4.91 Å². The lowest BCUT2D eigenvalue weighted by atomic mass is 10.2. The van der Waals surface area contributed by atoms with E-state index in [2.05, 4.69) is 22.0 Å². The number of hydrogen-bond acceptors (Lipinski definition) is 6. The molecule has 1 amide bonds. The number of carbonyl (C=O) groups is 1. The lowest BCUT2D eigenvalue weighted by Gasteiger charge is -2.17. The van der Waals surface area contributed by atoms with Gasteiger partial charge in [0.2, 0.25) is 0 Å². The quantitative estimate of drug-likeness (QED) is 0.317. The van der Waals surface area contributed by atoms with Gasteiger partial charge in [-0.2, -0.15) is 0 Å². The number of aromatic nitrogens is 1. The minimum Gasteiger partial charge on any atom is -0.337 e. The molecule has 0 radical (unpaired) electrons. The van der Waals surface area contributed by atoms with Gasteiger partial charge in [0.05, 0.1) is 28.5 Å². The smallest absolute Gasteiger partial charge is 0.269 e. The highest BCUT2D eigenvalue weighted by Gasteiger charge is 2.39. The molecule has 3 aromatic carbocycles. The molecule has 5 nitrogen and oxygen atoms in total. The van der Waals surface area contributed by atoms with Crippen molar-refractivity contribution in [2.24, 2.45) is 4.99 Å². The van der Waals surface area contributed by atoms with Crippen LogP contribution in [0.4, 0.5) is 11.4 Å². The van der Waals surface area contributed by atoms with Crippen LogP contribution in [0.2, 0.25) is 0 Å². The van der Waals surface area contributed by atoms with E-state index in [-0.39, 0.29) is 5.91 Å². The van der Waals surface area contributed by atoms with E-state index < -0.39 is 0 Å². The molecule has 166 valence electrons. The number of nitrogens with zero attached hydrogens (tertiary/aromatic N) is 4. The zero-order chi connectivity index (χ0) is 23.1. The minimum atomic E-state index is -0.0165. The van der Waals surface area contributed by atoms with E-state index in [1.165, 1.54) is 11.8 Å². The number of benzene rings is 3. The van der Waals surface area contributed by atoms with Crippen LogP contribution in [0.5, 0.6) is 0 Å². The van der Waals surface area contributed by atoms with Crippen molar-refractivity contribution in [2.45, 2.75) is 11.4 Å². The maximum Gasteiger partial charge on any atom is 0.269 e. The molecule has 0 saturated carbocycles. The van der Waals surface area contributed by atoms with E-state index in [9.17, 15) is 4.79 Å². The van der Waals surface area contributed by atoms with Crippen molar-refractivity contribution in [3.8, 4) is 0 Å². The molecule has 2 aliphatic rings. The lowest BCUT2D eigenvalue weighted by Crippen LogP contribution is -2.29. The Balaban J connectivity index is 1.42. The highest BCUT2D eigenvalue weighted by molar-refractivity contribution is 8.19. The Hall–Kier alpha value is -3.55. The van der Waals surface area contributed by atoms with Gasteiger partial charge >= 0.3 is 0 Å².